The van der Waals surface area contributed by atoms with Gasteiger partial charge in [-0.3, -0.25) is 0 Å². The molecular weight excluding hydrogens is 593 g/mol. The Kier molecular flexibility index (Phi) is 2.50. The third-order valence-corrected chi connectivity index (χ3v) is 7.87. The molecule has 0 N–H and O–H groups in total. The fraction of sp³-hybridized carbons (Fsp3) is 0. The van der Waals surface area contributed by atoms with Crippen LogP contribution in [0.25, 0.3) is 98.8 Å². The van der Waals surface area contributed by atoms with Crippen LogP contribution in [0, 0.1) is 0 Å². The van der Waals surface area contributed by atoms with Gasteiger partial charge in [0.1, 0.15) is 11.2 Å². The zero-order valence-electron chi connectivity index (χ0n) is 54.4. The van der Waals surface area contributed by atoms with Crippen molar-refractivity contribution >= 4 is 54.3 Å². The molecule has 0 radical (unpaired) electrons. The van der Waals surface area contributed by atoms with Crippen molar-refractivity contribution in [2.75, 3.05) is 0 Å². The van der Waals surface area contributed by atoms with Crippen LogP contribution in [0.3, 0.4) is 0 Å². The summed E-state index contributed by atoms with van der Waals surface area (Å²) in [5.74, 6) is 0. The van der Waals surface area contributed by atoms with Gasteiger partial charge in [-0.15, -0.1) is 0 Å². The summed E-state index contributed by atoms with van der Waals surface area (Å²) in [5.41, 5.74) is -7.25. The van der Waals surface area contributed by atoms with Gasteiger partial charge >= 0.3 is 0 Å². The third kappa shape index (κ3) is 4.40. The highest BCUT2D eigenvalue weighted by molar-refractivity contribution is 6.22. The lowest BCUT2D eigenvalue weighted by Crippen LogP contribution is -1.90. The van der Waals surface area contributed by atoms with Gasteiger partial charge in [-0.05, 0) is 89.4 Å². The van der Waals surface area contributed by atoms with Crippen LogP contribution in [-0.2, 0) is 0 Å². The van der Waals surface area contributed by atoms with E-state index in [0.29, 0.717) is 0 Å². The van der Waals surface area contributed by atoms with Crippen LogP contribution in [0.4, 0.5) is 0 Å². The highest BCUT2D eigenvalue weighted by atomic mass is 16.3. The van der Waals surface area contributed by atoms with Gasteiger partial charge in [0.15, 0.2) is 0 Å². The van der Waals surface area contributed by atoms with Gasteiger partial charge < -0.3 is 4.42 Å². The van der Waals surface area contributed by atoms with E-state index in [9.17, 15) is 15.1 Å². The monoisotopic (exact) mass is 652 g/mol. The van der Waals surface area contributed by atoms with Crippen molar-refractivity contribution in [3.8, 4) is 44.5 Å². The van der Waals surface area contributed by atoms with E-state index < -0.39 is 280 Å². The summed E-state index contributed by atoms with van der Waals surface area (Å²) in [6.07, 6.45) is 0. The van der Waals surface area contributed by atoms with Gasteiger partial charge in [-0.2, -0.15) is 0 Å². The normalized spacial score (nSPS) is 20.2. The Morgan fingerprint density at radius 1 is 0.347 bits per heavy atom. The Balaban J connectivity index is 1.40. The van der Waals surface area contributed by atoms with Gasteiger partial charge in [0.2, 0.25) is 0 Å². The van der Waals surface area contributed by atoms with E-state index in [-0.39, 0.29) is 0 Å². The van der Waals surface area contributed by atoms with E-state index in [1.165, 1.54) is 0 Å². The van der Waals surface area contributed by atoms with Crippen molar-refractivity contribution in [1.82, 2.24) is 0 Å². The van der Waals surface area contributed by atoms with Gasteiger partial charge in [-0.1, -0.05) is 163 Å². The van der Waals surface area contributed by atoms with E-state index in [1.807, 2.05) is 0 Å². The molecular formula is C48H30O. The molecule has 0 saturated carbocycles. The maximum Gasteiger partial charge on any atom is 0.143 e. The Morgan fingerprint density at radius 3 is 1.49 bits per heavy atom. The van der Waals surface area contributed by atoms with Crippen molar-refractivity contribution < 1.29 is 45.5 Å². The largest absolute Gasteiger partial charge is 0.455 e. The molecule has 10 aromatic rings. The molecule has 1 aromatic heterocycles. The molecule has 0 atom stereocenters. The van der Waals surface area contributed by atoms with Crippen molar-refractivity contribution in [3.63, 3.8) is 0 Å². The van der Waals surface area contributed by atoms with Crippen LogP contribution in [0.2, 0.25) is 0 Å². The highest BCUT2D eigenvalue weighted by Gasteiger charge is 2.18. The van der Waals surface area contributed by atoms with Crippen LogP contribution < -0.4 is 0 Å². The second-order valence-electron chi connectivity index (χ2n) is 10.5. The number of furan rings is 1. The van der Waals surface area contributed by atoms with Crippen molar-refractivity contribution in [3.05, 3.63) is 181 Å². The molecule has 10 rings (SSSR count). The molecule has 1 heteroatoms. The van der Waals surface area contributed by atoms with Crippen molar-refractivity contribution in [2.45, 2.75) is 0 Å². The first-order chi connectivity index (χ1) is 36.8. The van der Waals surface area contributed by atoms with Crippen LogP contribution in [-0.4, -0.2) is 0 Å². The molecule has 1 heterocycles. The molecule has 0 saturated heterocycles. The molecule has 0 spiro atoms. The fourth-order valence-corrected chi connectivity index (χ4v) is 5.84. The van der Waals surface area contributed by atoms with Gasteiger partial charge in [-0.25, -0.2) is 0 Å². The molecule has 228 valence electrons. The van der Waals surface area contributed by atoms with Gasteiger partial charge in [0.25, 0.3) is 0 Å². The first kappa shape index (κ1) is 11.1. The molecule has 0 unspecified atom stereocenters. The first-order valence-corrected chi connectivity index (χ1v) is 14.4. The minimum atomic E-state index is -1.09. The lowest BCUT2D eigenvalue weighted by Gasteiger charge is -2.18. The standard InChI is InChI=1S/C48H30O/c1-3-13-31(14-4-1)37-21-12-24-44-47(37)43-23-11-22-38(48(43)49-44)35-27-25-34-30-36(28-26-33(34)29-35)46-41-19-9-7-17-39(41)45(32-15-5-2-6-16-32)40-18-8-10-20-42(40)46/h1-30H/i1D,2D,3D,4D,5D,6D,7D,8D,9D,10D,11D,12D,13D,14D,15D,16D,17D,18D,19D,20D,21D,22D,23D,24D,25D,26D,27D,28D,29D,30D. The number of para-hydroxylation sites is 1. The zero-order valence-corrected chi connectivity index (χ0v) is 24.4. The number of fused-ring (bicyclic) bond motifs is 6. The molecule has 1 nitrogen and oxygen atoms in total. The number of hydrogen-bond donors (Lipinski definition) is 0. The Bertz CT molecular complexity index is 4460. The zero-order chi connectivity index (χ0) is 58.4. The maximum atomic E-state index is 9.80. The average Bonchev–Trinajstić information content (AvgIpc) is 4.04. The fourth-order valence-electron chi connectivity index (χ4n) is 5.84. The first-order valence-electron chi connectivity index (χ1n) is 29.4. The molecule has 9 aromatic carbocycles. The minimum Gasteiger partial charge on any atom is -0.455 e. The van der Waals surface area contributed by atoms with E-state index in [4.69, 9.17) is 30.5 Å². The summed E-state index contributed by atoms with van der Waals surface area (Å²) >= 11 is 0. The third-order valence-electron chi connectivity index (χ3n) is 7.87. The van der Waals surface area contributed by atoms with Gasteiger partial charge in [0, 0.05) is 16.3 Å². The SMILES string of the molecule is [2H]c1c([2H])c([2H])c(-c2c3c([2H])c([2H])c([2H])c([2H])c3c(-c3c([2H])c([2H])c4c([2H])c(-c5c([2H])c([2H])c([2H])c6c5oc5c([2H])c([2H])c([2H])c(-c7c([2H])c([2H])c([2H])c([2H])c7[2H])c56)c([2H])c([2H])c4c3[2H])c3c([2H])c([2H])c([2H])c([2H])c23)c([2H])c1[2H]. The molecule has 0 fully saturated rings. The van der Waals surface area contributed by atoms with Crippen LogP contribution >= 0.6 is 0 Å². The summed E-state index contributed by atoms with van der Waals surface area (Å²) in [7, 11) is 0. The quantitative estimate of drug-likeness (QED) is 0.172. The molecule has 0 aliphatic heterocycles. The maximum absolute atomic E-state index is 9.80. The average molecular weight is 653 g/mol. The van der Waals surface area contributed by atoms with Crippen LogP contribution in [0.1, 0.15) is 41.1 Å². The van der Waals surface area contributed by atoms with E-state index >= 15 is 0 Å². The van der Waals surface area contributed by atoms with Crippen molar-refractivity contribution in [2.24, 2.45) is 0 Å². The second kappa shape index (κ2) is 11.1. The number of benzene rings is 9. The van der Waals surface area contributed by atoms with E-state index in [0.717, 1.165) is 0 Å². The highest BCUT2D eigenvalue weighted by Crippen LogP contribution is 2.45. The second-order valence-corrected chi connectivity index (χ2v) is 10.5. The summed E-state index contributed by atoms with van der Waals surface area (Å²) in [4.78, 5) is 0. The van der Waals surface area contributed by atoms with Gasteiger partial charge in [0.05, 0.1) is 41.1 Å². The van der Waals surface area contributed by atoms with E-state index in [1.54, 1.807) is 0 Å². The number of hydrogen-bond acceptors (Lipinski definition) is 1. The predicted molar refractivity (Wildman–Crippen MR) is 208 cm³/mol. The minimum absolute atomic E-state index is 0.509. The summed E-state index contributed by atoms with van der Waals surface area (Å²) < 4.78 is 275. The molecule has 0 amide bonds. The van der Waals surface area contributed by atoms with E-state index in [2.05, 4.69) is 0 Å². The summed E-state index contributed by atoms with van der Waals surface area (Å²) in [6.45, 7) is 0. The molecule has 0 aliphatic rings. The summed E-state index contributed by atoms with van der Waals surface area (Å²) in [5, 5.41) is -5.55. The lowest BCUT2D eigenvalue weighted by atomic mass is 9.85. The van der Waals surface area contributed by atoms with Crippen molar-refractivity contribution in [1.29, 1.82) is 0 Å². The van der Waals surface area contributed by atoms with Crippen LogP contribution in [0.15, 0.2) is 186 Å². The number of rotatable bonds is 4. The molecule has 0 aliphatic carbocycles. The Hall–Kier alpha value is -6.44. The molecule has 0 bridgehead atoms. The Morgan fingerprint density at radius 2 is 0.837 bits per heavy atom. The van der Waals surface area contributed by atoms with Crippen LogP contribution in [0.5, 0.6) is 0 Å². The topological polar surface area (TPSA) is 13.1 Å². The predicted octanol–water partition coefficient (Wildman–Crippen LogP) is 13.7. The Labute approximate surface area is 326 Å². The smallest absolute Gasteiger partial charge is 0.143 e. The summed E-state index contributed by atoms with van der Waals surface area (Å²) in [6, 6.07) is -28.6. The molecule has 49 heavy (non-hydrogen) atoms. The lowest BCUT2D eigenvalue weighted by molar-refractivity contribution is 0.670.